The minimum absolute atomic E-state index is 0.0540. The van der Waals surface area contributed by atoms with E-state index in [4.69, 9.17) is 16.3 Å². The van der Waals surface area contributed by atoms with Crippen molar-refractivity contribution in [2.24, 2.45) is 10.9 Å². The molecule has 7 heteroatoms. The normalized spacial score (nSPS) is 12.3. The van der Waals surface area contributed by atoms with Crippen molar-refractivity contribution in [1.82, 2.24) is 4.57 Å². The van der Waals surface area contributed by atoms with Crippen LogP contribution >= 0.6 is 0 Å². The third-order valence-corrected chi connectivity index (χ3v) is 7.73. The molecule has 6 nitrogen and oxygen atoms in total. The van der Waals surface area contributed by atoms with E-state index in [1.54, 1.807) is 18.2 Å². The van der Waals surface area contributed by atoms with Gasteiger partial charge in [-0.05, 0) is 63.2 Å². The van der Waals surface area contributed by atoms with Gasteiger partial charge in [-0.1, -0.05) is 69.3 Å². The average molecular weight is 511 g/mol. The van der Waals surface area contributed by atoms with Gasteiger partial charge in [0.05, 0.1) is 4.90 Å². The molecule has 5 rings (SSSR count). The SMILES string of the molecule is CC(C)(C)c1cn(Cc2ccc3ccc(C(=N)N)cc3c2)c2ccc(-c3ccccc3S(N)(=O)=O)cc12. The topological polar surface area (TPSA) is 115 Å². The third-order valence-electron chi connectivity index (χ3n) is 6.76. The molecule has 0 aliphatic heterocycles. The molecule has 0 saturated carbocycles. The maximum Gasteiger partial charge on any atom is 0.238 e. The minimum Gasteiger partial charge on any atom is -0.384 e. The fourth-order valence-electron chi connectivity index (χ4n) is 4.91. The summed E-state index contributed by atoms with van der Waals surface area (Å²) in [6, 6.07) is 25.1. The molecule has 0 aliphatic rings. The fraction of sp³-hybridized carbons (Fsp3) is 0.167. The molecule has 188 valence electrons. The summed E-state index contributed by atoms with van der Waals surface area (Å²) < 4.78 is 26.7. The van der Waals surface area contributed by atoms with Crippen molar-refractivity contribution in [3.05, 3.63) is 102 Å². The van der Waals surface area contributed by atoms with Gasteiger partial charge in [-0.2, -0.15) is 0 Å². The van der Waals surface area contributed by atoms with Gasteiger partial charge in [-0.25, -0.2) is 13.6 Å². The Labute approximate surface area is 217 Å². The predicted octanol–water partition coefficient (Wildman–Crippen LogP) is 5.74. The van der Waals surface area contributed by atoms with Crippen molar-refractivity contribution in [3.8, 4) is 11.1 Å². The summed E-state index contributed by atoms with van der Waals surface area (Å²) in [7, 11) is -3.86. The predicted molar refractivity (Wildman–Crippen MR) is 152 cm³/mol. The molecule has 0 aliphatic carbocycles. The van der Waals surface area contributed by atoms with Gasteiger partial charge in [0.25, 0.3) is 0 Å². The van der Waals surface area contributed by atoms with Crippen LogP contribution in [0.4, 0.5) is 0 Å². The molecule has 4 aromatic carbocycles. The van der Waals surface area contributed by atoms with Gasteiger partial charge in [-0.15, -0.1) is 0 Å². The first-order valence-electron chi connectivity index (χ1n) is 12.0. The first-order chi connectivity index (χ1) is 17.4. The monoisotopic (exact) mass is 510 g/mol. The molecule has 0 spiro atoms. The Balaban J connectivity index is 1.63. The number of hydrogen-bond donors (Lipinski definition) is 3. The summed E-state index contributed by atoms with van der Waals surface area (Å²) in [6.07, 6.45) is 2.19. The van der Waals surface area contributed by atoms with Crippen LogP contribution in [0.2, 0.25) is 0 Å². The highest BCUT2D eigenvalue weighted by Crippen LogP contribution is 2.36. The summed E-state index contributed by atoms with van der Waals surface area (Å²) in [4.78, 5) is 0.118. The number of nitrogens with one attached hydrogen (secondary N) is 1. The molecule has 0 fully saturated rings. The zero-order valence-electron chi connectivity index (χ0n) is 21.1. The molecule has 0 radical (unpaired) electrons. The van der Waals surface area contributed by atoms with Gasteiger partial charge in [0.15, 0.2) is 0 Å². The smallest absolute Gasteiger partial charge is 0.238 e. The number of sulfonamides is 1. The number of rotatable bonds is 5. The molecular formula is C30H30N4O2S. The third kappa shape index (κ3) is 4.75. The van der Waals surface area contributed by atoms with Gasteiger partial charge in [0.1, 0.15) is 5.84 Å². The van der Waals surface area contributed by atoms with Gasteiger partial charge >= 0.3 is 0 Å². The maximum absolute atomic E-state index is 12.2. The van der Waals surface area contributed by atoms with E-state index in [0.29, 0.717) is 17.7 Å². The van der Waals surface area contributed by atoms with E-state index >= 15 is 0 Å². The molecule has 0 bridgehead atoms. The molecule has 0 saturated heterocycles. The van der Waals surface area contributed by atoms with Crippen LogP contribution in [0.5, 0.6) is 0 Å². The number of amidine groups is 1. The van der Waals surface area contributed by atoms with Gasteiger partial charge in [-0.3, -0.25) is 5.41 Å². The van der Waals surface area contributed by atoms with E-state index < -0.39 is 10.0 Å². The Bertz CT molecular complexity index is 1790. The average Bonchev–Trinajstić information content (AvgIpc) is 3.21. The minimum atomic E-state index is -3.86. The van der Waals surface area contributed by atoms with Crippen molar-refractivity contribution in [1.29, 1.82) is 5.41 Å². The molecule has 0 unspecified atom stereocenters. The van der Waals surface area contributed by atoms with Crippen LogP contribution in [0.25, 0.3) is 32.8 Å². The molecule has 0 atom stereocenters. The summed E-state index contributed by atoms with van der Waals surface area (Å²) in [5.74, 6) is 0.0540. The Morgan fingerprint density at radius 1 is 0.919 bits per heavy atom. The van der Waals surface area contributed by atoms with E-state index in [2.05, 4.69) is 61.9 Å². The lowest BCUT2D eigenvalue weighted by atomic mass is 9.86. The summed E-state index contributed by atoms with van der Waals surface area (Å²) >= 11 is 0. The molecule has 5 aromatic rings. The highest BCUT2D eigenvalue weighted by molar-refractivity contribution is 7.89. The van der Waals surface area contributed by atoms with Crippen LogP contribution in [0.3, 0.4) is 0 Å². The Morgan fingerprint density at radius 3 is 2.35 bits per heavy atom. The maximum atomic E-state index is 12.2. The number of benzene rings is 4. The Morgan fingerprint density at radius 2 is 1.65 bits per heavy atom. The second-order valence-electron chi connectivity index (χ2n) is 10.5. The lowest BCUT2D eigenvalue weighted by Crippen LogP contribution is -2.13. The van der Waals surface area contributed by atoms with E-state index in [1.165, 1.54) is 5.56 Å². The van der Waals surface area contributed by atoms with E-state index in [-0.39, 0.29) is 16.1 Å². The van der Waals surface area contributed by atoms with Crippen molar-refractivity contribution in [2.45, 2.75) is 37.6 Å². The summed E-state index contributed by atoms with van der Waals surface area (Å²) in [5.41, 5.74) is 11.1. The molecule has 1 aromatic heterocycles. The second-order valence-corrected chi connectivity index (χ2v) is 12.0. The first kappa shape index (κ1) is 24.7. The van der Waals surface area contributed by atoms with Crippen molar-refractivity contribution in [2.75, 3.05) is 0 Å². The van der Waals surface area contributed by atoms with Crippen LogP contribution in [0, 0.1) is 5.41 Å². The van der Waals surface area contributed by atoms with Gasteiger partial charge in [0.2, 0.25) is 10.0 Å². The molecular weight excluding hydrogens is 480 g/mol. The highest BCUT2D eigenvalue weighted by Gasteiger charge is 2.22. The first-order valence-corrected chi connectivity index (χ1v) is 13.6. The van der Waals surface area contributed by atoms with E-state index in [1.807, 2.05) is 30.3 Å². The summed E-state index contributed by atoms with van der Waals surface area (Å²) in [6.45, 7) is 7.20. The number of fused-ring (bicyclic) bond motifs is 2. The van der Waals surface area contributed by atoms with Crippen molar-refractivity contribution < 1.29 is 8.42 Å². The van der Waals surface area contributed by atoms with Crippen LogP contribution in [0.15, 0.2) is 90.0 Å². The summed E-state index contributed by atoms with van der Waals surface area (Å²) in [5, 5.41) is 16.5. The molecule has 0 amide bonds. The number of primary sulfonamides is 1. The molecule has 1 heterocycles. The number of nitrogens with zero attached hydrogens (tertiary/aromatic N) is 1. The number of hydrogen-bond acceptors (Lipinski definition) is 3. The quantitative estimate of drug-likeness (QED) is 0.207. The highest BCUT2D eigenvalue weighted by atomic mass is 32.2. The Kier molecular flexibility index (Phi) is 5.93. The zero-order chi connectivity index (χ0) is 26.5. The van der Waals surface area contributed by atoms with Crippen LogP contribution in [-0.4, -0.2) is 18.8 Å². The van der Waals surface area contributed by atoms with Gasteiger partial charge in [0, 0.05) is 34.8 Å². The number of nitrogens with two attached hydrogens (primary N) is 2. The second kappa shape index (κ2) is 8.87. The molecule has 37 heavy (non-hydrogen) atoms. The standard InChI is InChI=1S/C30H30N4O2S/c1-30(2,3)26-18-34(17-19-8-9-20-10-11-22(29(31)32)15-23(20)14-19)27-13-12-21(16-25(26)27)24-6-4-5-7-28(24)37(33,35)36/h4-16,18H,17H2,1-3H3,(H3,31,32)(H2,33,35,36). The number of nitrogen functional groups attached to an aromatic ring is 1. The van der Waals surface area contributed by atoms with Crippen LogP contribution < -0.4 is 10.9 Å². The zero-order valence-corrected chi connectivity index (χ0v) is 21.9. The molecule has 5 N–H and O–H groups in total. The van der Waals surface area contributed by atoms with E-state index in [9.17, 15) is 8.42 Å². The lowest BCUT2D eigenvalue weighted by molar-refractivity contribution is 0.592. The van der Waals surface area contributed by atoms with Crippen molar-refractivity contribution >= 4 is 37.5 Å². The van der Waals surface area contributed by atoms with Crippen LogP contribution in [-0.2, 0) is 22.0 Å². The Hall–Kier alpha value is -3.94. The lowest BCUT2D eigenvalue weighted by Gasteiger charge is -2.18. The number of aromatic nitrogens is 1. The van der Waals surface area contributed by atoms with Gasteiger partial charge < -0.3 is 10.3 Å². The van der Waals surface area contributed by atoms with E-state index in [0.717, 1.165) is 32.8 Å². The van der Waals surface area contributed by atoms with Crippen LogP contribution in [0.1, 0.15) is 37.5 Å². The fourth-order valence-corrected chi connectivity index (χ4v) is 5.67. The largest absolute Gasteiger partial charge is 0.384 e. The van der Waals surface area contributed by atoms with Crippen molar-refractivity contribution in [3.63, 3.8) is 0 Å².